The number of rotatable bonds is 1. The molecule has 2 aliphatic rings. The van der Waals surface area contributed by atoms with Gasteiger partial charge < -0.3 is 4.90 Å². The van der Waals surface area contributed by atoms with E-state index in [0.29, 0.717) is 9.89 Å². The molecule has 96 valence electrons. The number of carbonyl (C=O) groups is 1. The Hall–Kier alpha value is -0.900. The van der Waals surface area contributed by atoms with Crippen LogP contribution in [0.3, 0.4) is 0 Å². The lowest BCUT2D eigenvalue weighted by Gasteiger charge is -2.32. The van der Waals surface area contributed by atoms with Crippen molar-refractivity contribution in [1.82, 2.24) is 4.90 Å². The zero-order valence-electron chi connectivity index (χ0n) is 10.1. The Morgan fingerprint density at radius 2 is 1.89 bits per heavy atom. The lowest BCUT2D eigenvalue weighted by atomic mass is 9.93. The van der Waals surface area contributed by atoms with Crippen molar-refractivity contribution in [2.75, 3.05) is 13.1 Å². The molecular formula is C14H15BrFNO. The normalized spacial score (nSPS) is 21.1. The number of benzene rings is 1. The molecule has 1 saturated heterocycles. The summed E-state index contributed by atoms with van der Waals surface area (Å²) in [5.41, 5.74) is 0.711. The van der Waals surface area contributed by atoms with Crippen LogP contribution in [0.1, 0.15) is 36.0 Å². The van der Waals surface area contributed by atoms with Crippen molar-refractivity contribution in [2.24, 2.45) is 5.41 Å². The Bertz CT molecular complexity index is 489. The summed E-state index contributed by atoms with van der Waals surface area (Å²) in [4.78, 5) is 14.1. The summed E-state index contributed by atoms with van der Waals surface area (Å²) < 4.78 is 14.2. The first kappa shape index (κ1) is 12.2. The number of carbonyl (C=O) groups excluding carboxylic acids is 1. The van der Waals surface area contributed by atoms with Crippen LogP contribution in [0, 0.1) is 11.2 Å². The van der Waals surface area contributed by atoms with Gasteiger partial charge in [-0.25, -0.2) is 4.39 Å². The molecule has 1 spiro atoms. The fraction of sp³-hybridized carbons (Fsp3) is 0.500. The number of nitrogens with zero attached hydrogens (tertiary/aromatic N) is 1. The van der Waals surface area contributed by atoms with Gasteiger partial charge >= 0.3 is 0 Å². The molecule has 0 N–H and O–H groups in total. The first-order valence-corrected chi connectivity index (χ1v) is 7.14. The second kappa shape index (κ2) is 4.34. The fourth-order valence-corrected chi connectivity index (χ4v) is 3.07. The van der Waals surface area contributed by atoms with Crippen LogP contribution in [0.25, 0.3) is 0 Å². The largest absolute Gasteiger partial charge is 0.339 e. The van der Waals surface area contributed by atoms with Crippen LogP contribution in [-0.4, -0.2) is 23.9 Å². The van der Waals surface area contributed by atoms with Crippen LogP contribution in [-0.2, 0) is 0 Å². The van der Waals surface area contributed by atoms with E-state index in [1.807, 2.05) is 0 Å². The van der Waals surface area contributed by atoms with Crippen molar-refractivity contribution in [3.63, 3.8) is 0 Å². The number of hydrogen-bond donors (Lipinski definition) is 0. The molecule has 0 bridgehead atoms. The van der Waals surface area contributed by atoms with Crippen molar-refractivity contribution in [2.45, 2.75) is 25.7 Å². The summed E-state index contributed by atoms with van der Waals surface area (Å²) in [5, 5.41) is 0. The summed E-state index contributed by atoms with van der Waals surface area (Å²) in [5.74, 6) is -0.626. The van der Waals surface area contributed by atoms with E-state index in [2.05, 4.69) is 15.9 Å². The number of hydrogen-bond acceptors (Lipinski definition) is 1. The van der Waals surface area contributed by atoms with Crippen LogP contribution in [0.5, 0.6) is 0 Å². The number of piperidine rings is 1. The highest BCUT2D eigenvalue weighted by Crippen LogP contribution is 2.53. The SMILES string of the molecule is O=C(c1cccc(Br)c1F)N1CCC2(CC1)CC2. The number of amides is 1. The highest BCUT2D eigenvalue weighted by atomic mass is 79.9. The average molecular weight is 312 g/mol. The summed E-state index contributed by atoms with van der Waals surface area (Å²) in [6, 6.07) is 4.87. The molecule has 3 rings (SSSR count). The second-order valence-corrected chi connectivity index (χ2v) is 6.25. The molecular weight excluding hydrogens is 297 g/mol. The van der Waals surface area contributed by atoms with Crippen molar-refractivity contribution in [3.05, 3.63) is 34.1 Å². The van der Waals surface area contributed by atoms with E-state index in [0.717, 1.165) is 25.9 Å². The molecule has 18 heavy (non-hydrogen) atoms. The van der Waals surface area contributed by atoms with E-state index < -0.39 is 5.82 Å². The summed E-state index contributed by atoms with van der Waals surface area (Å²) in [6.45, 7) is 1.54. The maximum absolute atomic E-state index is 13.9. The molecule has 0 atom stereocenters. The van der Waals surface area contributed by atoms with Gasteiger partial charge in [0.05, 0.1) is 10.0 Å². The Kier molecular flexibility index (Phi) is 2.93. The minimum Gasteiger partial charge on any atom is -0.339 e. The Morgan fingerprint density at radius 1 is 1.22 bits per heavy atom. The Balaban J connectivity index is 1.76. The van der Waals surface area contributed by atoms with E-state index in [9.17, 15) is 9.18 Å². The van der Waals surface area contributed by atoms with Crippen molar-refractivity contribution in [3.8, 4) is 0 Å². The average Bonchev–Trinajstić information content (AvgIpc) is 3.13. The molecule has 1 amide bonds. The van der Waals surface area contributed by atoms with Crippen LogP contribution < -0.4 is 0 Å². The van der Waals surface area contributed by atoms with Gasteiger partial charge in [-0.05, 0) is 59.2 Å². The molecule has 4 heteroatoms. The van der Waals surface area contributed by atoms with Gasteiger partial charge in [-0.1, -0.05) is 6.07 Å². The van der Waals surface area contributed by atoms with E-state index in [1.54, 1.807) is 23.1 Å². The van der Waals surface area contributed by atoms with E-state index in [1.165, 1.54) is 12.8 Å². The van der Waals surface area contributed by atoms with Gasteiger partial charge in [-0.2, -0.15) is 0 Å². The van der Waals surface area contributed by atoms with Gasteiger partial charge in [0.15, 0.2) is 0 Å². The minimum absolute atomic E-state index is 0.177. The van der Waals surface area contributed by atoms with Crippen LogP contribution in [0.15, 0.2) is 22.7 Å². The van der Waals surface area contributed by atoms with E-state index in [-0.39, 0.29) is 11.5 Å². The first-order chi connectivity index (χ1) is 8.61. The molecule has 1 heterocycles. The van der Waals surface area contributed by atoms with Crippen molar-refractivity contribution < 1.29 is 9.18 Å². The molecule has 1 aromatic rings. The van der Waals surface area contributed by atoms with Gasteiger partial charge in [-0.15, -0.1) is 0 Å². The third kappa shape index (κ3) is 2.07. The fourth-order valence-electron chi connectivity index (χ4n) is 2.70. The lowest BCUT2D eigenvalue weighted by molar-refractivity contribution is 0.0673. The maximum Gasteiger partial charge on any atom is 0.256 e. The number of halogens is 2. The molecule has 1 aliphatic carbocycles. The predicted octanol–water partition coefficient (Wildman–Crippen LogP) is 3.60. The zero-order valence-corrected chi connectivity index (χ0v) is 11.7. The molecule has 2 fully saturated rings. The Labute approximate surface area is 114 Å². The van der Waals surface area contributed by atoms with Crippen LogP contribution in [0.4, 0.5) is 4.39 Å². The van der Waals surface area contributed by atoms with Gasteiger partial charge in [0.25, 0.3) is 5.91 Å². The summed E-state index contributed by atoms with van der Waals surface area (Å²) >= 11 is 3.12. The standard InChI is InChI=1S/C14H15BrFNO/c15-11-3-1-2-10(12(11)16)13(18)17-8-6-14(4-5-14)7-9-17/h1-3H,4-9H2. The highest BCUT2D eigenvalue weighted by Gasteiger charge is 2.45. The highest BCUT2D eigenvalue weighted by molar-refractivity contribution is 9.10. The molecule has 1 saturated carbocycles. The van der Waals surface area contributed by atoms with Crippen molar-refractivity contribution >= 4 is 21.8 Å². The van der Waals surface area contributed by atoms with E-state index in [4.69, 9.17) is 0 Å². The monoisotopic (exact) mass is 311 g/mol. The van der Waals surface area contributed by atoms with Gasteiger partial charge in [-0.3, -0.25) is 4.79 Å². The first-order valence-electron chi connectivity index (χ1n) is 6.35. The van der Waals surface area contributed by atoms with Crippen molar-refractivity contribution in [1.29, 1.82) is 0 Å². The topological polar surface area (TPSA) is 20.3 Å². The molecule has 0 unspecified atom stereocenters. The number of likely N-dealkylation sites (tertiary alicyclic amines) is 1. The third-order valence-corrected chi connectivity index (χ3v) is 4.86. The zero-order chi connectivity index (χ0) is 12.8. The predicted molar refractivity (Wildman–Crippen MR) is 70.9 cm³/mol. The van der Waals surface area contributed by atoms with Crippen LogP contribution in [0.2, 0.25) is 0 Å². The summed E-state index contributed by atoms with van der Waals surface area (Å²) in [7, 11) is 0. The van der Waals surface area contributed by atoms with Crippen LogP contribution >= 0.6 is 15.9 Å². The summed E-state index contributed by atoms with van der Waals surface area (Å²) in [6.07, 6.45) is 4.77. The van der Waals surface area contributed by atoms with E-state index >= 15 is 0 Å². The second-order valence-electron chi connectivity index (χ2n) is 5.39. The molecule has 0 aromatic heterocycles. The molecule has 1 aliphatic heterocycles. The smallest absolute Gasteiger partial charge is 0.256 e. The quantitative estimate of drug-likeness (QED) is 0.776. The van der Waals surface area contributed by atoms with Gasteiger partial charge in [0.2, 0.25) is 0 Å². The van der Waals surface area contributed by atoms with Gasteiger partial charge in [0.1, 0.15) is 5.82 Å². The van der Waals surface area contributed by atoms with Gasteiger partial charge in [0, 0.05) is 13.1 Å². The maximum atomic E-state index is 13.9. The molecule has 2 nitrogen and oxygen atoms in total. The lowest BCUT2D eigenvalue weighted by Crippen LogP contribution is -2.39. The molecule has 1 aromatic carbocycles. The third-order valence-electron chi connectivity index (χ3n) is 4.25. The minimum atomic E-state index is -0.450. The molecule has 0 radical (unpaired) electrons. The Morgan fingerprint density at radius 3 is 2.50 bits per heavy atom.